The molecule has 174 valence electrons. The van der Waals surface area contributed by atoms with Crippen molar-refractivity contribution in [2.75, 3.05) is 25.0 Å². The lowest BCUT2D eigenvalue weighted by Gasteiger charge is -2.32. The Morgan fingerprint density at radius 1 is 1.03 bits per heavy atom. The molecule has 4 rings (SSSR count). The van der Waals surface area contributed by atoms with E-state index in [1.54, 1.807) is 30.0 Å². The van der Waals surface area contributed by atoms with Crippen molar-refractivity contribution >= 4 is 40.3 Å². The van der Waals surface area contributed by atoms with Crippen LogP contribution < -0.4 is 5.32 Å². The molecule has 1 aliphatic rings. The summed E-state index contributed by atoms with van der Waals surface area (Å²) in [6, 6.07) is 20.8. The average molecular weight is 457 g/mol. The van der Waals surface area contributed by atoms with Crippen molar-refractivity contribution in [1.82, 2.24) is 4.90 Å². The number of fused-ring (bicyclic) bond motifs is 1. The number of hydrogen-bond acceptors (Lipinski definition) is 4. The van der Waals surface area contributed by atoms with E-state index in [0.717, 1.165) is 29.2 Å². The molecule has 6 nitrogen and oxygen atoms in total. The average Bonchev–Trinajstić information content (AvgIpc) is 2.88. The minimum absolute atomic E-state index is 0.0351. The van der Waals surface area contributed by atoms with Gasteiger partial charge in [-0.1, -0.05) is 48.5 Å². The van der Waals surface area contributed by atoms with Gasteiger partial charge in [0, 0.05) is 30.4 Å². The molecule has 1 unspecified atom stereocenters. The van der Waals surface area contributed by atoms with Crippen molar-refractivity contribution in [3.8, 4) is 0 Å². The van der Waals surface area contributed by atoms with Gasteiger partial charge >= 0.3 is 5.97 Å². The molecule has 0 saturated carbocycles. The summed E-state index contributed by atoms with van der Waals surface area (Å²) in [7, 11) is 0. The molecule has 1 heterocycles. The van der Waals surface area contributed by atoms with Crippen LogP contribution in [0, 0.1) is 5.92 Å². The van der Waals surface area contributed by atoms with Crippen LogP contribution in [0.3, 0.4) is 0 Å². The Labute approximate surface area is 199 Å². The maximum absolute atomic E-state index is 13.3. The Balaban J connectivity index is 1.39. The predicted octanol–water partition coefficient (Wildman–Crippen LogP) is 4.91. The molecular formula is C28H28N2O4. The number of anilines is 1. The number of nitrogens with one attached hydrogen (secondary N) is 1. The fourth-order valence-electron chi connectivity index (χ4n) is 4.23. The molecule has 0 bridgehead atoms. The van der Waals surface area contributed by atoms with E-state index in [2.05, 4.69) is 5.32 Å². The number of carbonyl (C=O) groups excluding carboxylic acids is 3. The second kappa shape index (κ2) is 10.8. The molecule has 34 heavy (non-hydrogen) atoms. The molecule has 0 aliphatic carbocycles. The van der Waals surface area contributed by atoms with Crippen LogP contribution in [0.2, 0.25) is 0 Å². The Kier molecular flexibility index (Phi) is 7.38. The van der Waals surface area contributed by atoms with Crippen LogP contribution in [0.15, 0.2) is 72.8 Å². The SMILES string of the molecule is CCOC(=O)C=Cc1ccc(NC(=O)C2CCCN(C(=O)c3cccc4ccccc34)C2)cc1. The summed E-state index contributed by atoms with van der Waals surface area (Å²) in [5, 5.41) is 4.92. The van der Waals surface area contributed by atoms with Gasteiger partial charge in [0.05, 0.1) is 12.5 Å². The summed E-state index contributed by atoms with van der Waals surface area (Å²) in [5.41, 5.74) is 2.18. The van der Waals surface area contributed by atoms with E-state index in [9.17, 15) is 14.4 Å². The van der Waals surface area contributed by atoms with Gasteiger partial charge in [0.15, 0.2) is 0 Å². The molecule has 1 fully saturated rings. The molecule has 1 saturated heterocycles. The molecule has 0 spiro atoms. The normalized spacial score (nSPS) is 15.9. The first-order valence-electron chi connectivity index (χ1n) is 11.6. The van der Waals surface area contributed by atoms with E-state index in [1.807, 2.05) is 54.6 Å². The zero-order valence-corrected chi connectivity index (χ0v) is 19.2. The van der Waals surface area contributed by atoms with Gasteiger partial charge in [0.2, 0.25) is 5.91 Å². The summed E-state index contributed by atoms with van der Waals surface area (Å²) >= 11 is 0. The quantitative estimate of drug-likeness (QED) is 0.423. The van der Waals surface area contributed by atoms with E-state index >= 15 is 0 Å². The fraction of sp³-hybridized carbons (Fsp3) is 0.250. The van der Waals surface area contributed by atoms with Gasteiger partial charge in [0.25, 0.3) is 5.91 Å². The first-order chi connectivity index (χ1) is 16.5. The molecular weight excluding hydrogens is 428 g/mol. The van der Waals surface area contributed by atoms with E-state index in [0.29, 0.717) is 30.9 Å². The highest BCUT2D eigenvalue weighted by Gasteiger charge is 2.29. The van der Waals surface area contributed by atoms with Crippen LogP contribution in [-0.2, 0) is 14.3 Å². The van der Waals surface area contributed by atoms with Crippen LogP contribution in [0.25, 0.3) is 16.8 Å². The highest BCUT2D eigenvalue weighted by atomic mass is 16.5. The van der Waals surface area contributed by atoms with Crippen LogP contribution in [0.5, 0.6) is 0 Å². The van der Waals surface area contributed by atoms with Crippen LogP contribution in [0.4, 0.5) is 5.69 Å². The monoisotopic (exact) mass is 456 g/mol. The maximum atomic E-state index is 13.3. The fourth-order valence-corrected chi connectivity index (χ4v) is 4.23. The number of ether oxygens (including phenoxy) is 1. The molecule has 3 aromatic carbocycles. The summed E-state index contributed by atoms with van der Waals surface area (Å²) in [6.07, 6.45) is 4.57. The Bertz CT molecular complexity index is 1210. The first kappa shape index (κ1) is 23.2. The van der Waals surface area contributed by atoms with Gasteiger partial charge in [-0.3, -0.25) is 9.59 Å². The number of piperidine rings is 1. The third-order valence-electron chi connectivity index (χ3n) is 5.98. The summed E-state index contributed by atoms with van der Waals surface area (Å²) in [5.74, 6) is -0.784. The predicted molar refractivity (Wildman–Crippen MR) is 133 cm³/mol. The second-order valence-electron chi connectivity index (χ2n) is 8.31. The second-order valence-corrected chi connectivity index (χ2v) is 8.31. The minimum atomic E-state index is -0.389. The van der Waals surface area contributed by atoms with Crippen molar-refractivity contribution in [1.29, 1.82) is 0 Å². The number of esters is 1. The lowest BCUT2D eigenvalue weighted by Crippen LogP contribution is -2.43. The van der Waals surface area contributed by atoms with Gasteiger partial charge in [-0.15, -0.1) is 0 Å². The molecule has 1 N–H and O–H groups in total. The summed E-state index contributed by atoms with van der Waals surface area (Å²) < 4.78 is 4.87. The minimum Gasteiger partial charge on any atom is -0.463 e. The van der Waals surface area contributed by atoms with E-state index in [4.69, 9.17) is 4.74 Å². The number of rotatable bonds is 6. The van der Waals surface area contributed by atoms with Crippen molar-refractivity contribution in [2.45, 2.75) is 19.8 Å². The Morgan fingerprint density at radius 3 is 2.59 bits per heavy atom. The highest BCUT2D eigenvalue weighted by molar-refractivity contribution is 6.07. The molecule has 0 radical (unpaired) electrons. The molecule has 6 heteroatoms. The molecule has 1 atom stereocenters. The summed E-state index contributed by atoms with van der Waals surface area (Å²) in [4.78, 5) is 39.4. The van der Waals surface area contributed by atoms with E-state index in [-0.39, 0.29) is 23.7 Å². The van der Waals surface area contributed by atoms with Crippen molar-refractivity contribution in [3.63, 3.8) is 0 Å². The topological polar surface area (TPSA) is 75.7 Å². The number of amides is 2. The van der Waals surface area contributed by atoms with Gasteiger partial charge in [-0.25, -0.2) is 4.79 Å². The number of nitrogens with zero attached hydrogens (tertiary/aromatic N) is 1. The molecule has 1 aliphatic heterocycles. The lowest BCUT2D eigenvalue weighted by atomic mass is 9.95. The van der Waals surface area contributed by atoms with Crippen LogP contribution in [-0.4, -0.2) is 42.4 Å². The third-order valence-corrected chi connectivity index (χ3v) is 5.98. The maximum Gasteiger partial charge on any atom is 0.330 e. The molecule has 0 aromatic heterocycles. The smallest absolute Gasteiger partial charge is 0.330 e. The Morgan fingerprint density at radius 2 is 1.79 bits per heavy atom. The van der Waals surface area contributed by atoms with Crippen molar-refractivity contribution in [3.05, 3.63) is 83.9 Å². The van der Waals surface area contributed by atoms with E-state index < -0.39 is 0 Å². The van der Waals surface area contributed by atoms with Gasteiger partial charge in [-0.05, 0) is 60.4 Å². The number of likely N-dealkylation sites (tertiary alicyclic amines) is 1. The largest absolute Gasteiger partial charge is 0.463 e. The summed E-state index contributed by atoms with van der Waals surface area (Å²) in [6.45, 7) is 3.14. The lowest BCUT2D eigenvalue weighted by molar-refractivity contribution is -0.137. The zero-order valence-electron chi connectivity index (χ0n) is 19.2. The third kappa shape index (κ3) is 5.52. The standard InChI is InChI=1S/C28H28N2O4/c1-2-34-26(31)17-14-20-12-15-23(16-13-20)29-27(32)22-9-6-18-30(19-22)28(33)25-11-5-8-21-7-3-4-10-24(21)25/h3-5,7-8,10-17,22H,2,6,9,18-19H2,1H3,(H,29,32). The zero-order chi connectivity index (χ0) is 23.9. The Hall–Kier alpha value is -3.93. The number of carbonyl (C=O) groups is 3. The van der Waals surface area contributed by atoms with Gasteiger partial charge in [-0.2, -0.15) is 0 Å². The first-order valence-corrected chi connectivity index (χ1v) is 11.6. The number of hydrogen-bond donors (Lipinski definition) is 1. The van der Waals surface area contributed by atoms with E-state index in [1.165, 1.54) is 6.08 Å². The van der Waals surface area contributed by atoms with Crippen molar-refractivity contribution in [2.24, 2.45) is 5.92 Å². The van der Waals surface area contributed by atoms with Gasteiger partial charge in [0.1, 0.15) is 0 Å². The highest BCUT2D eigenvalue weighted by Crippen LogP contribution is 2.24. The molecule has 2 amide bonds. The van der Waals surface area contributed by atoms with Crippen LogP contribution in [0.1, 0.15) is 35.7 Å². The number of benzene rings is 3. The van der Waals surface area contributed by atoms with Crippen molar-refractivity contribution < 1.29 is 19.1 Å². The van der Waals surface area contributed by atoms with Crippen LogP contribution >= 0.6 is 0 Å². The molecule has 3 aromatic rings. The van der Waals surface area contributed by atoms with Gasteiger partial charge < -0.3 is 15.0 Å².